The molecule has 33 heavy (non-hydrogen) atoms. The molecule has 5 rings (SSSR count). The van der Waals surface area contributed by atoms with Crippen molar-refractivity contribution in [3.8, 4) is 0 Å². The number of carbonyl (C=O) groups is 3. The molecule has 7 heteroatoms. The van der Waals surface area contributed by atoms with Crippen molar-refractivity contribution in [3.63, 3.8) is 0 Å². The highest BCUT2D eigenvalue weighted by atomic mass is 16.7. The average Bonchev–Trinajstić information content (AvgIpc) is 3.36. The van der Waals surface area contributed by atoms with Gasteiger partial charge in [-0.1, -0.05) is 13.8 Å². The van der Waals surface area contributed by atoms with E-state index in [0.29, 0.717) is 30.1 Å². The summed E-state index contributed by atoms with van der Waals surface area (Å²) in [6.07, 6.45) is 9.02. The van der Waals surface area contributed by atoms with Crippen LogP contribution in [0.5, 0.6) is 0 Å². The average molecular weight is 462 g/mol. The zero-order valence-corrected chi connectivity index (χ0v) is 20.5. The van der Waals surface area contributed by atoms with Crippen LogP contribution >= 0.6 is 0 Å². The van der Waals surface area contributed by atoms with E-state index in [4.69, 9.17) is 19.9 Å². The summed E-state index contributed by atoms with van der Waals surface area (Å²) in [6, 6.07) is 0. The van der Waals surface area contributed by atoms with Crippen LogP contribution in [0.3, 0.4) is 0 Å². The van der Waals surface area contributed by atoms with Gasteiger partial charge in [0, 0.05) is 12.3 Å². The number of ether oxygens (including phenoxy) is 3. The van der Waals surface area contributed by atoms with Crippen LogP contribution < -0.4 is 5.73 Å². The van der Waals surface area contributed by atoms with Crippen LogP contribution in [-0.4, -0.2) is 41.8 Å². The van der Waals surface area contributed by atoms with E-state index < -0.39 is 23.1 Å². The quantitative estimate of drug-likeness (QED) is 0.390. The monoisotopic (exact) mass is 461 g/mol. The van der Waals surface area contributed by atoms with Crippen molar-refractivity contribution in [3.05, 3.63) is 0 Å². The Morgan fingerprint density at radius 3 is 2.39 bits per heavy atom. The number of amides is 1. The highest BCUT2D eigenvalue weighted by molar-refractivity contribution is 6.10. The molecule has 0 radical (unpaired) electrons. The number of epoxide rings is 1. The van der Waals surface area contributed by atoms with E-state index in [9.17, 15) is 14.4 Å². The van der Waals surface area contributed by atoms with Gasteiger partial charge in [0.1, 0.15) is 11.7 Å². The molecule has 0 aromatic carbocycles. The lowest BCUT2D eigenvalue weighted by Gasteiger charge is -2.60. The largest absolute Gasteiger partial charge is 0.463 e. The highest BCUT2D eigenvalue weighted by Crippen LogP contribution is 2.76. The molecule has 0 aromatic rings. The summed E-state index contributed by atoms with van der Waals surface area (Å²) in [5.41, 5.74) is 3.34. The Balaban J connectivity index is 1.39. The summed E-state index contributed by atoms with van der Waals surface area (Å²) in [5, 5.41) is 0. The molecule has 7 nitrogen and oxygen atoms in total. The molecule has 4 saturated carbocycles. The minimum absolute atomic E-state index is 0.0568. The second-order valence-electron chi connectivity index (χ2n) is 11.9. The van der Waals surface area contributed by atoms with Gasteiger partial charge >= 0.3 is 11.9 Å². The fourth-order valence-corrected chi connectivity index (χ4v) is 9.33. The van der Waals surface area contributed by atoms with E-state index in [0.717, 1.165) is 51.4 Å². The van der Waals surface area contributed by atoms with E-state index in [1.54, 1.807) is 6.92 Å². The molecule has 5 fully saturated rings. The summed E-state index contributed by atoms with van der Waals surface area (Å²) in [4.78, 5) is 37.0. The lowest BCUT2D eigenvalue weighted by atomic mass is 9.44. The number of hydrogen-bond donors (Lipinski definition) is 1. The van der Waals surface area contributed by atoms with Gasteiger partial charge in [-0.25, -0.2) is 4.79 Å². The molecular formula is C26H39NO6. The van der Waals surface area contributed by atoms with Gasteiger partial charge in [0.15, 0.2) is 0 Å². The van der Waals surface area contributed by atoms with E-state index in [1.807, 2.05) is 0 Å². The van der Waals surface area contributed by atoms with Gasteiger partial charge < -0.3 is 19.9 Å². The molecule has 1 heterocycles. The SMILES string of the molecule is CCOC(=O)[C@@]1(C(N)=O)O[C@@]12CC[C@H]1[C@@H]3CC[C@@H]4C[C@@H](OC(C)=O)CC[C@]4(C)[C@H]3CC[C@@]12C. The first kappa shape index (κ1) is 23.1. The van der Waals surface area contributed by atoms with Crippen LogP contribution in [-0.2, 0) is 28.6 Å². The predicted molar refractivity (Wildman–Crippen MR) is 120 cm³/mol. The van der Waals surface area contributed by atoms with Crippen LogP contribution in [0.4, 0.5) is 0 Å². The van der Waals surface area contributed by atoms with Crippen LogP contribution in [0.1, 0.15) is 85.5 Å². The Bertz CT molecular complexity index is 875. The molecular weight excluding hydrogens is 422 g/mol. The maximum absolute atomic E-state index is 12.9. The Morgan fingerprint density at radius 1 is 1.00 bits per heavy atom. The Morgan fingerprint density at radius 2 is 1.73 bits per heavy atom. The zero-order chi connectivity index (χ0) is 23.8. The van der Waals surface area contributed by atoms with Crippen LogP contribution in [0, 0.1) is 34.5 Å². The van der Waals surface area contributed by atoms with Gasteiger partial charge in [0.2, 0.25) is 0 Å². The molecule has 1 amide bonds. The standard InChI is InChI=1S/C26H39NO6/c1-5-31-22(30)26(21(27)29)25(33-26)13-10-20-18-7-6-16-14-17(32-15(2)28)8-11-23(16,3)19(18)9-12-24(20,25)4/h16-20H,5-14H2,1-4H3,(H2,27,29)/t16-,17+,18-,19+,20+,23+,24+,25-,26-/m1/s1. The molecule has 1 saturated heterocycles. The summed E-state index contributed by atoms with van der Waals surface area (Å²) in [6.45, 7) is 8.14. The molecule has 9 atom stereocenters. The normalized spacial score (nSPS) is 50.0. The third-order valence-corrected chi connectivity index (χ3v) is 10.8. The first-order valence-electron chi connectivity index (χ1n) is 12.9. The summed E-state index contributed by atoms with van der Waals surface area (Å²) in [5.74, 6) is 0.684. The number of primary amides is 1. The summed E-state index contributed by atoms with van der Waals surface area (Å²) < 4.78 is 17.0. The second kappa shape index (κ2) is 7.43. The van der Waals surface area contributed by atoms with Crippen molar-refractivity contribution in [1.82, 2.24) is 0 Å². The lowest BCUT2D eigenvalue weighted by Crippen LogP contribution is -2.57. The van der Waals surface area contributed by atoms with E-state index in [-0.39, 0.29) is 29.5 Å². The van der Waals surface area contributed by atoms with Gasteiger partial charge in [-0.2, -0.15) is 0 Å². The van der Waals surface area contributed by atoms with Crippen molar-refractivity contribution in [1.29, 1.82) is 0 Å². The molecule has 5 aliphatic rings. The second-order valence-corrected chi connectivity index (χ2v) is 11.9. The maximum Gasteiger partial charge on any atom is 0.351 e. The number of fused-ring (bicyclic) bond motifs is 6. The van der Waals surface area contributed by atoms with E-state index >= 15 is 0 Å². The van der Waals surface area contributed by atoms with Crippen molar-refractivity contribution in [2.45, 2.75) is 103 Å². The number of hydrogen-bond acceptors (Lipinski definition) is 6. The first-order chi connectivity index (χ1) is 15.6. The predicted octanol–water partition coefficient (Wildman–Crippen LogP) is 3.52. The maximum atomic E-state index is 12.9. The van der Waals surface area contributed by atoms with Crippen LogP contribution in [0.2, 0.25) is 0 Å². The molecule has 2 N–H and O–H groups in total. The van der Waals surface area contributed by atoms with Gasteiger partial charge in [-0.3, -0.25) is 9.59 Å². The summed E-state index contributed by atoms with van der Waals surface area (Å²) >= 11 is 0. The fraction of sp³-hybridized carbons (Fsp3) is 0.885. The van der Waals surface area contributed by atoms with Gasteiger partial charge in [-0.15, -0.1) is 0 Å². The fourth-order valence-electron chi connectivity index (χ4n) is 9.33. The number of nitrogens with two attached hydrogens (primary N) is 1. The molecule has 0 unspecified atom stereocenters. The molecule has 1 spiro atoms. The molecule has 184 valence electrons. The van der Waals surface area contributed by atoms with Gasteiger partial charge in [0.05, 0.1) is 6.61 Å². The van der Waals surface area contributed by atoms with Crippen LogP contribution in [0.25, 0.3) is 0 Å². The van der Waals surface area contributed by atoms with Gasteiger partial charge in [0.25, 0.3) is 11.5 Å². The van der Waals surface area contributed by atoms with Crippen molar-refractivity contribution in [2.24, 2.45) is 40.2 Å². The van der Waals surface area contributed by atoms with E-state index in [1.165, 1.54) is 6.92 Å². The summed E-state index contributed by atoms with van der Waals surface area (Å²) in [7, 11) is 0. The molecule has 0 bridgehead atoms. The Labute approximate surface area is 196 Å². The third kappa shape index (κ3) is 2.86. The topological polar surface area (TPSA) is 108 Å². The van der Waals surface area contributed by atoms with Crippen molar-refractivity contribution < 1.29 is 28.6 Å². The Kier molecular flexibility index (Phi) is 5.21. The highest BCUT2D eigenvalue weighted by Gasteiger charge is 2.88. The zero-order valence-electron chi connectivity index (χ0n) is 20.5. The van der Waals surface area contributed by atoms with Crippen molar-refractivity contribution in [2.75, 3.05) is 6.61 Å². The Hall–Kier alpha value is -1.63. The van der Waals surface area contributed by atoms with Crippen LogP contribution in [0.15, 0.2) is 0 Å². The minimum atomic E-state index is -1.62. The number of esters is 2. The molecule has 0 aromatic heterocycles. The molecule has 4 aliphatic carbocycles. The van der Waals surface area contributed by atoms with Gasteiger partial charge in [-0.05, 0) is 93.8 Å². The minimum Gasteiger partial charge on any atom is -0.463 e. The molecule has 1 aliphatic heterocycles. The third-order valence-electron chi connectivity index (χ3n) is 10.8. The smallest absolute Gasteiger partial charge is 0.351 e. The lowest BCUT2D eigenvalue weighted by molar-refractivity contribution is -0.160. The number of carbonyl (C=O) groups excluding carboxylic acids is 3. The first-order valence-corrected chi connectivity index (χ1v) is 12.9. The number of rotatable bonds is 4. The van der Waals surface area contributed by atoms with Crippen molar-refractivity contribution >= 4 is 17.8 Å². The van der Waals surface area contributed by atoms with E-state index in [2.05, 4.69) is 13.8 Å².